The summed E-state index contributed by atoms with van der Waals surface area (Å²) in [5.41, 5.74) is 1.25. The highest BCUT2D eigenvalue weighted by Crippen LogP contribution is 1.97. The first-order valence-corrected chi connectivity index (χ1v) is 4.18. The van der Waals surface area contributed by atoms with E-state index in [1.54, 1.807) is 6.92 Å². The van der Waals surface area contributed by atoms with Gasteiger partial charge in [-0.25, -0.2) is 0 Å². The second kappa shape index (κ2) is 4.28. The molecule has 2 N–H and O–H groups in total. The molecule has 1 heterocycles. The van der Waals surface area contributed by atoms with E-state index in [1.165, 1.54) is 5.56 Å². The van der Waals surface area contributed by atoms with Crippen molar-refractivity contribution in [1.82, 2.24) is 9.88 Å². The first-order valence-electron chi connectivity index (χ1n) is 4.18. The largest absolute Gasteiger partial charge is 0.392 e. The van der Waals surface area contributed by atoms with Crippen molar-refractivity contribution in [1.29, 1.82) is 0 Å². The Morgan fingerprint density at radius 2 is 2.42 bits per heavy atom. The van der Waals surface area contributed by atoms with Crippen LogP contribution in [0.1, 0.15) is 12.5 Å². The van der Waals surface area contributed by atoms with Crippen LogP contribution in [0.2, 0.25) is 0 Å². The van der Waals surface area contributed by atoms with Crippen LogP contribution in [0, 0.1) is 0 Å². The van der Waals surface area contributed by atoms with Crippen molar-refractivity contribution in [3.63, 3.8) is 0 Å². The standard InChI is InChI=1S/C9H16N2O/c1-8(12)5-10-6-9-3-4-11(2)7-9/h3-4,7-8,10,12H,5-6H2,1-2H3/t8-/m1/s1. The molecule has 0 bridgehead atoms. The predicted octanol–water partition coefficient (Wildman–Crippen LogP) is 0.495. The Hall–Kier alpha value is -0.800. The molecule has 1 atom stereocenters. The molecule has 0 saturated heterocycles. The molecule has 0 aromatic carbocycles. The Kier molecular flexibility index (Phi) is 3.31. The van der Waals surface area contributed by atoms with Gasteiger partial charge in [0.15, 0.2) is 0 Å². The molecule has 1 aromatic heterocycles. The molecule has 0 amide bonds. The Morgan fingerprint density at radius 3 is 2.92 bits per heavy atom. The van der Waals surface area contributed by atoms with Crippen LogP contribution in [0.15, 0.2) is 18.5 Å². The van der Waals surface area contributed by atoms with Gasteiger partial charge >= 0.3 is 0 Å². The van der Waals surface area contributed by atoms with Crippen molar-refractivity contribution in [3.05, 3.63) is 24.0 Å². The van der Waals surface area contributed by atoms with Crippen molar-refractivity contribution in [2.45, 2.75) is 19.6 Å². The van der Waals surface area contributed by atoms with Gasteiger partial charge in [0.2, 0.25) is 0 Å². The number of nitrogens with one attached hydrogen (secondary N) is 1. The SMILES string of the molecule is C[C@@H](O)CNCc1ccn(C)c1. The van der Waals surface area contributed by atoms with Crippen LogP contribution < -0.4 is 5.32 Å². The van der Waals surface area contributed by atoms with Gasteiger partial charge in [-0.3, -0.25) is 0 Å². The summed E-state index contributed by atoms with van der Waals surface area (Å²) in [5, 5.41) is 12.1. The maximum Gasteiger partial charge on any atom is 0.0636 e. The van der Waals surface area contributed by atoms with E-state index in [9.17, 15) is 0 Å². The van der Waals surface area contributed by atoms with Crippen molar-refractivity contribution in [2.24, 2.45) is 7.05 Å². The third-order valence-corrected chi connectivity index (χ3v) is 1.66. The van der Waals surface area contributed by atoms with E-state index in [2.05, 4.69) is 17.6 Å². The summed E-state index contributed by atoms with van der Waals surface area (Å²) in [5.74, 6) is 0. The Bertz CT molecular complexity index is 230. The molecule has 0 spiro atoms. The average molecular weight is 168 g/mol. The highest BCUT2D eigenvalue weighted by Gasteiger charge is 1.96. The maximum atomic E-state index is 8.97. The highest BCUT2D eigenvalue weighted by atomic mass is 16.3. The molecule has 3 nitrogen and oxygen atoms in total. The quantitative estimate of drug-likeness (QED) is 0.686. The Labute approximate surface area is 73.0 Å². The molecule has 0 saturated carbocycles. The van der Waals surface area contributed by atoms with Gasteiger partial charge < -0.3 is 15.0 Å². The first-order chi connectivity index (χ1) is 5.68. The number of nitrogens with zero attached hydrogens (tertiary/aromatic N) is 1. The van der Waals surface area contributed by atoms with Gasteiger partial charge in [0, 0.05) is 32.5 Å². The van der Waals surface area contributed by atoms with Gasteiger partial charge in [0.1, 0.15) is 0 Å². The van der Waals surface area contributed by atoms with Gasteiger partial charge in [0.05, 0.1) is 6.10 Å². The predicted molar refractivity (Wildman–Crippen MR) is 48.8 cm³/mol. The number of aliphatic hydroxyl groups excluding tert-OH is 1. The highest BCUT2D eigenvalue weighted by molar-refractivity contribution is 5.09. The molecule has 0 aliphatic carbocycles. The van der Waals surface area contributed by atoms with E-state index >= 15 is 0 Å². The number of rotatable bonds is 4. The zero-order valence-electron chi connectivity index (χ0n) is 7.62. The molecule has 0 unspecified atom stereocenters. The maximum absolute atomic E-state index is 8.97. The minimum atomic E-state index is -0.270. The lowest BCUT2D eigenvalue weighted by atomic mass is 10.3. The van der Waals surface area contributed by atoms with E-state index in [0.717, 1.165) is 6.54 Å². The zero-order valence-corrected chi connectivity index (χ0v) is 7.62. The third kappa shape index (κ3) is 3.07. The normalized spacial score (nSPS) is 13.2. The topological polar surface area (TPSA) is 37.2 Å². The van der Waals surface area contributed by atoms with Crippen LogP contribution in [-0.4, -0.2) is 22.3 Å². The van der Waals surface area contributed by atoms with Gasteiger partial charge in [-0.2, -0.15) is 0 Å². The number of hydrogen-bond acceptors (Lipinski definition) is 2. The van der Waals surface area contributed by atoms with E-state index in [4.69, 9.17) is 5.11 Å². The van der Waals surface area contributed by atoms with Gasteiger partial charge in [0.25, 0.3) is 0 Å². The van der Waals surface area contributed by atoms with Crippen molar-refractivity contribution < 1.29 is 5.11 Å². The van der Waals surface area contributed by atoms with Crippen LogP contribution in [0.3, 0.4) is 0 Å². The minimum Gasteiger partial charge on any atom is -0.392 e. The summed E-state index contributed by atoms with van der Waals surface area (Å²) in [6.45, 7) is 3.25. The van der Waals surface area contributed by atoms with Gasteiger partial charge in [-0.05, 0) is 18.6 Å². The number of aryl methyl sites for hydroxylation is 1. The lowest BCUT2D eigenvalue weighted by Gasteiger charge is -2.04. The Morgan fingerprint density at radius 1 is 1.67 bits per heavy atom. The van der Waals surface area contributed by atoms with E-state index < -0.39 is 0 Å². The molecule has 1 rings (SSSR count). The fourth-order valence-electron chi connectivity index (χ4n) is 1.09. The molecule has 3 heteroatoms. The van der Waals surface area contributed by atoms with Crippen LogP contribution in [0.4, 0.5) is 0 Å². The Balaban J connectivity index is 2.24. The van der Waals surface area contributed by atoms with E-state index in [1.807, 2.05) is 17.8 Å². The van der Waals surface area contributed by atoms with Gasteiger partial charge in [-0.1, -0.05) is 0 Å². The molecule has 0 fully saturated rings. The lowest BCUT2D eigenvalue weighted by Crippen LogP contribution is -2.23. The molecule has 0 radical (unpaired) electrons. The minimum absolute atomic E-state index is 0.270. The van der Waals surface area contributed by atoms with Crippen molar-refractivity contribution >= 4 is 0 Å². The molecule has 0 aliphatic heterocycles. The van der Waals surface area contributed by atoms with Crippen molar-refractivity contribution in [3.8, 4) is 0 Å². The van der Waals surface area contributed by atoms with Crippen LogP contribution in [0.25, 0.3) is 0 Å². The van der Waals surface area contributed by atoms with Crippen molar-refractivity contribution in [2.75, 3.05) is 6.54 Å². The second-order valence-corrected chi connectivity index (χ2v) is 3.17. The van der Waals surface area contributed by atoms with Crippen LogP contribution >= 0.6 is 0 Å². The smallest absolute Gasteiger partial charge is 0.0636 e. The van der Waals surface area contributed by atoms with Gasteiger partial charge in [-0.15, -0.1) is 0 Å². The fraction of sp³-hybridized carbons (Fsp3) is 0.556. The molecule has 68 valence electrons. The zero-order chi connectivity index (χ0) is 8.97. The number of aromatic nitrogens is 1. The number of aliphatic hydroxyl groups is 1. The lowest BCUT2D eigenvalue weighted by molar-refractivity contribution is 0.191. The molecule has 0 aliphatic rings. The summed E-state index contributed by atoms with van der Waals surface area (Å²) in [7, 11) is 2.00. The van der Waals surface area contributed by atoms with E-state index in [-0.39, 0.29) is 6.10 Å². The summed E-state index contributed by atoms with van der Waals surface area (Å²) in [6.07, 6.45) is 3.81. The summed E-state index contributed by atoms with van der Waals surface area (Å²) in [6, 6.07) is 2.06. The molecular formula is C9H16N2O. The summed E-state index contributed by atoms with van der Waals surface area (Å²) < 4.78 is 2.01. The summed E-state index contributed by atoms with van der Waals surface area (Å²) in [4.78, 5) is 0. The second-order valence-electron chi connectivity index (χ2n) is 3.17. The summed E-state index contributed by atoms with van der Waals surface area (Å²) >= 11 is 0. The monoisotopic (exact) mass is 168 g/mol. The molecule has 1 aromatic rings. The average Bonchev–Trinajstić information content (AvgIpc) is 2.35. The van der Waals surface area contributed by atoms with Crippen LogP contribution in [0.5, 0.6) is 0 Å². The first kappa shape index (κ1) is 9.29. The fourth-order valence-corrected chi connectivity index (χ4v) is 1.09. The number of hydrogen-bond donors (Lipinski definition) is 2. The molecule has 12 heavy (non-hydrogen) atoms. The molecular weight excluding hydrogens is 152 g/mol. The van der Waals surface area contributed by atoms with Crippen LogP contribution in [-0.2, 0) is 13.6 Å². The van der Waals surface area contributed by atoms with E-state index in [0.29, 0.717) is 6.54 Å². The third-order valence-electron chi connectivity index (χ3n) is 1.66.